The lowest BCUT2D eigenvalue weighted by Crippen LogP contribution is -2.41. The van der Waals surface area contributed by atoms with E-state index in [0.29, 0.717) is 6.04 Å². The molecule has 1 radical (unpaired) electrons. The van der Waals surface area contributed by atoms with Crippen LogP contribution in [-0.4, -0.2) is 50.3 Å². The average molecular weight is 155 g/mol. The van der Waals surface area contributed by atoms with Gasteiger partial charge in [0, 0.05) is 38.8 Å². The van der Waals surface area contributed by atoms with Gasteiger partial charge in [-0.05, 0) is 6.42 Å². The first-order valence-corrected chi connectivity index (χ1v) is 4.29. The molecule has 2 rings (SSSR count). The lowest BCUT2D eigenvalue weighted by molar-refractivity contribution is 0.132. The zero-order valence-electron chi connectivity index (χ0n) is 6.99. The molecule has 2 bridgehead atoms. The van der Waals surface area contributed by atoms with Gasteiger partial charge in [-0.15, -0.1) is 0 Å². The molecule has 0 aromatic carbocycles. The van der Waals surface area contributed by atoms with Crippen molar-refractivity contribution in [3.8, 4) is 0 Å². The van der Waals surface area contributed by atoms with Gasteiger partial charge in [-0.2, -0.15) is 0 Å². The number of likely N-dealkylation sites (tertiary alicyclic amines) is 1. The van der Waals surface area contributed by atoms with Crippen LogP contribution < -0.4 is 5.32 Å². The van der Waals surface area contributed by atoms with Crippen molar-refractivity contribution in [2.75, 3.05) is 33.4 Å². The zero-order chi connectivity index (χ0) is 7.68. The molecule has 2 heterocycles. The summed E-state index contributed by atoms with van der Waals surface area (Å²) in [5.74, 6) is 0. The molecule has 2 unspecified atom stereocenters. The lowest BCUT2D eigenvalue weighted by atomic mass is 10.2. The molecule has 0 spiro atoms. The van der Waals surface area contributed by atoms with Crippen molar-refractivity contribution < 1.29 is 4.74 Å². The molecule has 0 aromatic rings. The fourth-order valence-corrected chi connectivity index (χ4v) is 2.03. The number of fused-ring (bicyclic) bond motifs is 2. The molecule has 2 aliphatic rings. The fourth-order valence-electron chi connectivity index (χ4n) is 2.03. The van der Waals surface area contributed by atoms with E-state index >= 15 is 0 Å². The zero-order valence-corrected chi connectivity index (χ0v) is 6.99. The Balaban J connectivity index is 1.78. The third-order valence-electron chi connectivity index (χ3n) is 2.66. The Labute approximate surface area is 67.7 Å². The second-order valence-corrected chi connectivity index (χ2v) is 3.40. The highest BCUT2D eigenvalue weighted by atomic mass is 16.5. The second kappa shape index (κ2) is 3.09. The molecule has 3 nitrogen and oxygen atoms in total. The first-order chi connectivity index (χ1) is 5.40. The topological polar surface area (TPSA) is 26.6 Å². The first kappa shape index (κ1) is 7.53. The maximum absolute atomic E-state index is 5.04. The molecule has 2 atom stereocenters. The van der Waals surface area contributed by atoms with E-state index in [0.717, 1.165) is 25.7 Å². The van der Waals surface area contributed by atoms with Crippen LogP contribution in [0.3, 0.4) is 0 Å². The van der Waals surface area contributed by atoms with Gasteiger partial charge in [0.2, 0.25) is 0 Å². The second-order valence-electron chi connectivity index (χ2n) is 3.40. The number of hydrogen-bond donors (Lipinski definition) is 0. The molecule has 2 aliphatic heterocycles. The van der Waals surface area contributed by atoms with Crippen LogP contribution in [0.4, 0.5) is 0 Å². The number of piperazine rings is 1. The van der Waals surface area contributed by atoms with Crippen LogP contribution in [0.2, 0.25) is 0 Å². The van der Waals surface area contributed by atoms with Gasteiger partial charge in [-0.1, -0.05) is 0 Å². The van der Waals surface area contributed by atoms with Crippen LogP contribution >= 0.6 is 0 Å². The summed E-state index contributed by atoms with van der Waals surface area (Å²) in [6.45, 7) is 4.19. The van der Waals surface area contributed by atoms with Gasteiger partial charge in [0.25, 0.3) is 0 Å². The summed E-state index contributed by atoms with van der Waals surface area (Å²) in [5.41, 5.74) is 0. The van der Waals surface area contributed by atoms with Crippen molar-refractivity contribution >= 4 is 0 Å². The van der Waals surface area contributed by atoms with E-state index in [-0.39, 0.29) is 0 Å². The van der Waals surface area contributed by atoms with Crippen LogP contribution in [0, 0.1) is 0 Å². The molecule has 0 N–H and O–H groups in total. The number of hydrogen-bond acceptors (Lipinski definition) is 2. The summed E-state index contributed by atoms with van der Waals surface area (Å²) in [4.78, 5) is 2.50. The molecular weight excluding hydrogens is 140 g/mol. The Hall–Kier alpha value is -0.120. The van der Waals surface area contributed by atoms with Crippen molar-refractivity contribution in [1.82, 2.24) is 10.2 Å². The Kier molecular flexibility index (Phi) is 2.11. The molecule has 0 saturated carbocycles. The van der Waals surface area contributed by atoms with Crippen molar-refractivity contribution in [2.45, 2.75) is 18.5 Å². The standard InChI is InChI=1S/C8H15N2O/c1-11-3-2-10-6-7-4-8(10)5-9-7/h7-8H,2-6H2,1H3. The van der Waals surface area contributed by atoms with Crippen LogP contribution in [0.15, 0.2) is 0 Å². The predicted molar refractivity (Wildman–Crippen MR) is 42.6 cm³/mol. The van der Waals surface area contributed by atoms with E-state index in [1.54, 1.807) is 7.11 Å². The lowest BCUT2D eigenvalue weighted by Gasteiger charge is -2.25. The highest BCUT2D eigenvalue weighted by Crippen LogP contribution is 2.23. The first-order valence-electron chi connectivity index (χ1n) is 4.29. The number of methoxy groups -OCH3 is 1. The Morgan fingerprint density at radius 2 is 2.55 bits per heavy atom. The van der Waals surface area contributed by atoms with Crippen LogP contribution in [0.5, 0.6) is 0 Å². The van der Waals surface area contributed by atoms with Crippen molar-refractivity contribution in [1.29, 1.82) is 0 Å². The molecule has 0 amide bonds. The van der Waals surface area contributed by atoms with E-state index in [1.807, 2.05) is 0 Å². The molecule has 0 aromatic heterocycles. The third kappa shape index (κ3) is 1.41. The van der Waals surface area contributed by atoms with Gasteiger partial charge in [0.1, 0.15) is 0 Å². The third-order valence-corrected chi connectivity index (χ3v) is 2.66. The number of rotatable bonds is 3. The van der Waals surface area contributed by atoms with Crippen LogP contribution in [-0.2, 0) is 4.74 Å². The van der Waals surface area contributed by atoms with Crippen molar-refractivity contribution in [2.24, 2.45) is 0 Å². The van der Waals surface area contributed by atoms with E-state index in [4.69, 9.17) is 4.74 Å². The predicted octanol–water partition coefficient (Wildman–Crippen LogP) is -0.306. The van der Waals surface area contributed by atoms with Crippen LogP contribution in [0.1, 0.15) is 6.42 Å². The summed E-state index contributed by atoms with van der Waals surface area (Å²) < 4.78 is 5.04. The summed E-state index contributed by atoms with van der Waals surface area (Å²) in [7, 11) is 1.76. The molecule has 0 aliphatic carbocycles. The number of nitrogens with zero attached hydrogens (tertiary/aromatic N) is 2. The van der Waals surface area contributed by atoms with Crippen molar-refractivity contribution in [3.05, 3.63) is 0 Å². The highest BCUT2D eigenvalue weighted by Gasteiger charge is 2.37. The molecule has 3 heteroatoms. The maximum atomic E-state index is 5.04. The van der Waals surface area contributed by atoms with E-state index in [9.17, 15) is 0 Å². The van der Waals surface area contributed by atoms with Crippen LogP contribution in [0.25, 0.3) is 0 Å². The minimum Gasteiger partial charge on any atom is -0.383 e. The van der Waals surface area contributed by atoms with Gasteiger partial charge in [-0.3, -0.25) is 4.90 Å². The molecular formula is C8H15N2O. The monoisotopic (exact) mass is 155 g/mol. The average Bonchev–Trinajstić information content (AvgIpc) is 2.60. The smallest absolute Gasteiger partial charge is 0.0589 e. The minimum atomic E-state index is 0.650. The van der Waals surface area contributed by atoms with E-state index in [1.165, 1.54) is 13.0 Å². The summed E-state index contributed by atoms with van der Waals surface area (Å²) in [6.07, 6.45) is 1.30. The molecule has 2 fully saturated rings. The normalized spacial score (nSPS) is 36.8. The van der Waals surface area contributed by atoms with Gasteiger partial charge >= 0.3 is 0 Å². The van der Waals surface area contributed by atoms with Crippen molar-refractivity contribution in [3.63, 3.8) is 0 Å². The van der Waals surface area contributed by atoms with E-state index in [2.05, 4.69) is 10.2 Å². The van der Waals surface area contributed by atoms with Gasteiger partial charge in [0.05, 0.1) is 6.61 Å². The minimum absolute atomic E-state index is 0.650. The Morgan fingerprint density at radius 3 is 3.09 bits per heavy atom. The molecule has 11 heavy (non-hydrogen) atoms. The molecule has 2 saturated heterocycles. The Morgan fingerprint density at radius 1 is 1.64 bits per heavy atom. The maximum Gasteiger partial charge on any atom is 0.0589 e. The largest absolute Gasteiger partial charge is 0.383 e. The summed E-state index contributed by atoms with van der Waals surface area (Å²) in [6, 6.07) is 1.40. The molecule has 63 valence electrons. The highest BCUT2D eigenvalue weighted by molar-refractivity contribution is 4.96. The Bertz CT molecular complexity index is 140. The van der Waals surface area contributed by atoms with Gasteiger partial charge in [-0.25, -0.2) is 5.32 Å². The van der Waals surface area contributed by atoms with Gasteiger partial charge < -0.3 is 4.74 Å². The van der Waals surface area contributed by atoms with E-state index < -0.39 is 0 Å². The summed E-state index contributed by atoms with van der Waals surface area (Å²) in [5, 5.41) is 4.48. The SMILES string of the molecule is COCCN1CC2CC1C[N]2. The fraction of sp³-hybridized carbons (Fsp3) is 1.00. The number of ether oxygens (including phenoxy) is 1. The quantitative estimate of drug-likeness (QED) is 0.559. The van der Waals surface area contributed by atoms with Gasteiger partial charge in [0.15, 0.2) is 0 Å². The summed E-state index contributed by atoms with van der Waals surface area (Å²) >= 11 is 0.